The van der Waals surface area contributed by atoms with Crippen molar-refractivity contribution < 1.29 is 9.90 Å². The lowest BCUT2D eigenvalue weighted by atomic mass is 10.1. The standard InChI is InChI=1S/C12H11ClN2O2/c1-15-7-9(11(14-15)6-12(16)17)8-4-2-3-5-10(8)13/h2-5,7H,6H2,1H3,(H,16,17). The highest BCUT2D eigenvalue weighted by Crippen LogP contribution is 2.29. The van der Waals surface area contributed by atoms with Gasteiger partial charge in [-0.2, -0.15) is 5.10 Å². The van der Waals surface area contributed by atoms with Crippen molar-refractivity contribution in [2.75, 3.05) is 0 Å². The number of aromatic nitrogens is 2. The van der Waals surface area contributed by atoms with E-state index in [9.17, 15) is 4.79 Å². The number of benzene rings is 1. The van der Waals surface area contributed by atoms with E-state index in [1.54, 1.807) is 24.0 Å². The second-order valence-corrected chi connectivity index (χ2v) is 4.12. The number of nitrogens with zero attached hydrogens (tertiary/aromatic N) is 2. The number of carboxylic acid groups (broad SMARTS) is 1. The number of halogens is 1. The maximum absolute atomic E-state index is 10.8. The maximum atomic E-state index is 10.8. The molecule has 17 heavy (non-hydrogen) atoms. The molecule has 1 aromatic heterocycles. The van der Waals surface area contributed by atoms with Crippen LogP contribution in [0.3, 0.4) is 0 Å². The highest BCUT2D eigenvalue weighted by atomic mass is 35.5. The number of hydrogen-bond acceptors (Lipinski definition) is 2. The lowest BCUT2D eigenvalue weighted by Crippen LogP contribution is -2.02. The molecule has 88 valence electrons. The van der Waals surface area contributed by atoms with E-state index in [-0.39, 0.29) is 6.42 Å². The molecule has 2 aromatic rings. The molecule has 0 aliphatic heterocycles. The number of carboxylic acids is 1. The Kier molecular flexibility index (Phi) is 3.15. The summed E-state index contributed by atoms with van der Waals surface area (Å²) in [4.78, 5) is 10.8. The van der Waals surface area contributed by atoms with Crippen molar-refractivity contribution in [1.82, 2.24) is 9.78 Å². The van der Waals surface area contributed by atoms with Gasteiger partial charge in [0.1, 0.15) is 0 Å². The molecular weight excluding hydrogens is 240 g/mol. The molecule has 5 heteroatoms. The molecule has 0 radical (unpaired) electrons. The maximum Gasteiger partial charge on any atom is 0.309 e. The molecule has 1 heterocycles. The third-order valence-corrected chi connectivity index (χ3v) is 2.72. The molecule has 1 aromatic carbocycles. The number of aliphatic carboxylic acids is 1. The Bertz CT molecular complexity index is 563. The first-order valence-electron chi connectivity index (χ1n) is 5.07. The zero-order valence-corrected chi connectivity index (χ0v) is 9.98. The van der Waals surface area contributed by atoms with Gasteiger partial charge in [0.15, 0.2) is 0 Å². The Balaban J connectivity index is 2.51. The molecule has 0 bridgehead atoms. The zero-order chi connectivity index (χ0) is 12.4. The van der Waals surface area contributed by atoms with Gasteiger partial charge in [-0.1, -0.05) is 29.8 Å². The van der Waals surface area contributed by atoms with E-state index in [0.29, 0.717) is 10.7 Å². The van der Waals surface area contributed by atoms with Gasteiger partial charge < -0.3 is 5.11 Å². The SMILES string of the molecule is Cn1cc(-c2ccccc2Cl)c(CC(=O)O)n1. The number of carbonyl (C=O) groups is 1. The smallest absolute Gasteiger partial charge is 0.309 e. The summed E-state index contributed by atoms with van der Waals surface area (Å²) in [6.07, 6.45) is 1.67. The molecule has 0 spiro atoms. The van der Waals surface area contributed by atoms with Crippen molar-refractivity contribution in [1.29, 1.82) is 0 Å². The van der Waals surface area contributed by atoms with Crippen LogP contribution in [0.4, 0.5) is 0 Å². The van der Waals surface area contributed by atoms with Crippen molar-refractivity contribution in [3.8, 4) is 11.1 Å². The highest BCUT2D eigenvalue weighted by molar-refractivity contribution is 6.33. The fourth-order valence-corrected chi connectivity index (χ4v) is 1.95. The Morgan fingerprint density at radius 1 is 1.41 bits per heavy atom. The molecule has 0 unspecified atom stereocenters. The summed E-state index contributed by atoms with van der Waals surface area (Å²) >= 11 is 6.09. The van der Waals surface area contributed by atoms with Gasteiger partial charge in [0, 0.05) is 29.4 Å². The van der Waals surface area contributed by atoms with Crippen molar-refractivity contribution in [2.24, 2.45) is 7.05 Å². The average molecular weight is 251 g/mol. The van der Waals surface area contributed by atoms with Crippen molar-refractivity contribution in [3.63, 3.8) is 0 Å². The predicted molar refractivity (Wildman–Crippen MR) is 65.0 cm³/mol. The topological polar surface area (TPSA) is 55.1 Å². The van der Waals surface area contributed by atoms with Gasteiger partial charge in [-0.15, -0.1) is 0 Å². The first-order valence-corrected chi connectivity index (χ1v) is 5.45. The molecule has 0 aliphatic rings. The summed E-state index contributed by atoms with van der Waals surface area (Å²) < 4.78 is 1.59. The number of hydrogen-bond donors (Lipinski definition) is 1. The van der Waals surface area contributed by atoms with Crippen LogP contribution < -0.4 is 0 Å². The monoisotopic (exact) mass is 250 g/mol. The average Bonchev–Trinajstić information content (AvgIpc) is 2.59. The third kappa shape index (κ3) is 2.47. The molecule has 0 amide bonds. The van der Waals surface area contributed by atoms with Crippen LogP contribution in [0.2, 0.25) is 5.02 Å². The van der Waals surface area contributed by atoms with E-state index in [2.05, 4.69) is 5.10 Å². The number of rotatable bonds is 3. The fraction of sp³-hybridized carbons (Fsp3) is 0.167. The summed E-state index contributed by atoms with van der Waals surface area (Å²) in [5, 5.41) is 13.6. The van der Waals surface area contributed by atoms with Crippen molar-refractivity contribution >= 4 is 17.6 Å². The largest absolute Gasteiger partial charge is 0.481 e. The van der Waals surface area contributed by atoms with E-state index in [1.807, 2.05) is 18.2 Å². The summed E-state index contributed by atoms with van der Waals surface area (Å²) in [6, 6.07) is 7.32. The molecule has 2 rings (SSSR count). The molecule has 0 atom stereocenters. The van der Waals surface area contributed by atoms with Crippen LogP contribution >= 0.6 is 11.6 Å². The molecular formula is C12H11ClN2O2. The van der Waals surface area contributed by atoms with Crippen LogP contribution in [0.5, 0.6) is 0 Å². The third-order valence-electron chi connectivity index (χ3n) is 2.39. The lowest BCUT2D eigenvalue weighted by Gasteiger charge is -2.02. The van der Waals surface area contributed by atoms with Crippen LogP contribution in [0, 0.1) is 0 Å². The van der Waals surface area contributed by atoms with Crippen molar-refractivity contribution in [3.05, 3.63) is 41.2 Å². The van der Waals surface area contributed by atoms with Crippen LogP contribution in [0.25, 0.3) is 11.1 Å². The van der Waals surface area contributed by atoms with E-state index in [1.165, 1.54) is 0 Å². The van der Waals surface area contributed by atoms with Gasteiger partial charge in [0.2, 0.25) is 0 Å². The quantitative estimate of drug-likeness (QED) is 0.910. The van der Waals surface area contributed by atoms with Crippen molar-refractivity contribution in [2.45, 2.75) is 6.42 Å². The van der Waals surface area contributed by atoms with E-state index >= 15 is 0 Å². The van der Waals surface area contributed by atoms with E-state index in [0.717, 1.165) is 11.1 Å². The van der Waals surface area contributed by atoms with Crippen LogP contribution in [0.15, 0.2) is 30.5 Å². The minimum Gasteiger partial charge on any atom is -0.481 e. The molecule has 0 saturated heterocycles. The second-order valence-electron chi connectivity index (χ2n) is 3.71. The van der Waals surface area contributed by atoms with E-state index in [4.69, 9.17) is 16.7 Å². The molecule has 0 saturated carbocycles. The zero-order valence-electron chi connectivity index (χ0n) is 9.22. The second kappa shape index (κ2) is 4.59. The van der Waals surface area contributed by atoms with Gasteiger partial charge in [-0.3, -0.25) is 9.48 Å². The van der Waals surface area contributed by atoms with Gasteiger partial charge in [0.05, 0.1) is 12.1 Å². The van der Waals surface area contributed by atoms with Gasteiger partial charge in [-0.25, -0.2) is 0 Å². The predicted octanol–water partition coefficient (Wildman–Crippen LogP) is 2.37. The normalized spacial score (nSPS) is 10.5. The first kappa shape index (κ1) is 11.7. The summed E-state index contributed by atoms with van der Waals surface area (Å²) in [5.74, 6) is -0.906. The summed E-state index contributed by atoms with van der Waals surface area (Å²) in [7, 11) is 1.76. The first-order chi connectivity index (χ1) is 8.08. The van der Waals surface area contributed by atoms with Crippen LogP contribution in [-0.4, -0.2) is 20.9 Å². The molecule has 1 N–H and O–H groups in total. The van der Waals surface area contributed by atoms with Crippen LogP contribution in [0.1, 0.15) is 5.69 Å². The minimum atomic E-state index is -0.906. The minimum absolute atomic E-state index is 0.110. The van der Waals surface area contributed by atoms with Gasteiger partial charge in [0.25, 0.3) is 0 Å². The molecule has 0 aliphatic carbocycles. The fourth-order valence-electron chi connectivity index (χ4n) is 1.71. The Morgan fingerprint density at radius 3 is 2.76 bits per heavy atom. The van der Waals surface area contributed by atoms with Gasteiger partial charge >= 0.3 is 5.97 Å². The summed E-state index contributed by atoms with van der Waals surface area (Å²) in [5.41, 5.74) is 2.09. The number of aryl methyl sites for hydroxylation is 1. The molecule has 0 fully saturated rings. The van der Waals surface area contributed by atoms with Crippen LogP contribution in [-0.2, 0) is 18.3 Å². The Hall–Kier alpha value is -1.81. The Labute approximate surface area is 103 Å². The molecule has 4 nitrogen and oxygen atoms in total. The highest BCUT2D eigenvalue weighted by Gasteiger charge is 2.14. The Morgan fingerprint density at radius 2 is 2.12 bits per heavy atom. The lowest BCUT2D eigenvalue weighted by molar-refractivity contribution is -0.136. The van der Waals surface area contributed by atoms with Gasteiger partial charge in [-0.05, 0) is 6.07 Å². The summed E-state index contributed by atoms with van der Waals surface area (Å²) in [6.45, 7) is 0. The van der Waals surface area contributed by atoms with E-state index < -0.39 is 5.97 Å².